The largest absolute Gasteiger partial charge is 0.398 e. The van der Waals surface area contributed by atoms with Crippen molar-refractivity contribution in [3.63, 3.8) is 0 Å². The zero-order valence-electron chi connectivity index (χ0n) is 17.6. The average molecular weight is 432 g/mol. The predicted octanol–water partition coefficient (Wildman–Crippen LogP) is 2.16. The highest BCUT2D eigenvalue weighted by molar-refractivity contribution is 6.23. The summed E-state index contributed by atoms with van der Waals surface area (Å²) in [5.41, 5.74) is 11.9. The van der Waals surface area contributed by atoms with Gasteiger partial charge in [-0.15, -0.1) is 0 Å². The van der Waals surface area contributed by atoms with Gasteiger partial charge in [-0.3, -0.25) is 29.4 Å². The molecule has 1 unspecified atom stereocenters. The van der Waals surface area contributed by atoms with Gasteiger partial charge in [0.2, 0.25) is 11.8 Å². The summed E-state index contributed by atoms with van der Waals surface area (Å²) in [6.07, 6.45) is 4.50. The number of fused-ring (bicyclic) bond motifs is 2. The molecule has 32 heavy (non-hydrogen) atoms. The Morgan fingerprint density at radius 1 is 0.938 bits per heavy atom. The van der Waals surface area contributed by atoms with Crippen LogP contribution in [-0.2, 0) is 29.0 Å². The van der Waals surface area contributed by atoms with E-state index in [1.165, 1.54) is 11.1 Å². The van der Waals surface area contributed by atoms with E-state index in [1.807, 2.05) is 18.2 Å². The summed E-state index contributed by atoms with van der Waals surface area (Å²) in [6, 6.07) is 8.12. The highest BCUT2D eigenvalue weighted by Crippen LogP contribution is 2.33. The molecule has 2 aromatic carbocycles. The van der Waals surface area contributed by atoms with Crippen molar-refractivity contribution in [2.45, 2.75) is 51.1 Å². The number of hydrogen-bond donors (Lipinski definition) is 3. The van der Waals surface area contributed by atoms with Gasteiger partial charge in [-0.25, -0.2) is 0 Å². The molecule has 2 aromatic rings. The molecule has 1 atom stereocenters. The topological polar surface area (TPSA) is 122 Å². The molecule has 1 fully saturated rings. The Hall–Kier alpha value is -3.68. The fourth-order valence-corrected chi connectivity index (χ4v) is 4.89. The molecule has 0 saturated carbocycles. The molecule has 0 spiro atoms. The van der Waals surface area contributed by atoms with Gasteiger partial charge in [0.25, 0.3) is 11.8 Å². The van der Waals surface area contributed by atoms with Crippen LogP contribution >= 0.6 is 0 Å². The predicted molar refractivity (Wildman–Crippen MR) is 118 cm³/mol. The number of rotatable bonds is 4. The molecule has 8 heteroatoms. The van der Waals surface area contributed by atoms with Crippen molar-refractivity contribution in [2.75, 3.05) is 11.1 Å². The third-order valence-electron chi connectivity index (χ3n) is 6.56. The average Bonchev–Trinajstić information content (AvgIpc) is 3.03. The van der Waals surface area contributed by atoms with Crippen LogP contribution in [0.5, 0.6) is 0 Å². The third kappa shape index (κ3) is 3.32. The number of piperidine rings is 1. The fraction of sp³-hybridized carbons (Fsp3) is 0.333. The third-order valence-corrected chi connectivity index (χ3v) is 6.56. The SMILES string of the molecule is Nc1ccc(NCc2ccc3c(c2)C(=O)N(C2CCC(=O)NC2=O)C3=O)c2c1CCCC2. The number of carbonyl (C=O) groups is 4. The van der Waals surface area contributed by atoms with E-state index in [9.17, 15) is 19.2 Å². The number of nitrogens with two attached hydrogens (primary N) is 1. The molecule has 3 aliphatic rings. The smallest absolute Gasteiger partial charge is 0.262 e. The van der Waals surface area contributed by atoms with Crippen molar-refractivity contribution < 1.29 is 19.2 Å². The van der Waals surface area contributed by atoms with Gasteiger partial charge in [-0.2, -0.15) is 0 Å². The van der Waals surface area contributed by atoms with Gasteiger partial charge < -0.3 is 11.1 Å². The number of hydrogen-bond acceptors (Lipinski definition) is 6. The summed E-state index contributed by atoms with van der Waals surface area (Å²) in [4.78, 5) is 50.4. The number of amides is 4. The number of nitrogen functional groups attached to an aromatic ring is 1. The molecule has 0 bridgehead atoms. The highest BCUT2D eigenvalue weighted by Gasteiger charge is 2.44. The van der Waals surface area contributed by atoms with E-state index in [4.69, 9.17) is 5.73 Å². The van der Waals surface area contributed by atoms with Crippen LogP contribution < -0.4 is 16.4 Å². The minimum absolute atomic E-state index is 0.102. The lowest BCUT2D eigenvalue weighted by Gasteiger charge is -2.27. The normalized spacial score (nSPS) is 20.1. The molecule has 2 aliphatic heterocycles. The first-order chi connectivity index (χ1) is 15.4. The summed E-state index contributed by atoms with van der Waals surface area (Å²) in [7, 11) is 0. The summed E-state index contributed by atoms with van der Waals surface area (Å²) < 4.78 is 0. The molecule has 0 radical (unpaired) electrons. The van der Waals surface area contributed by atoms with Gasteiger partial charge >= 0.3 is 0 Å². The molecular weight excluding hydrogens is 408 g/mol. The van der Waals surface area contributed by atoms with Crippen molar-refractivity contribution in [3.05, 3.63) is 58.1 Å². The van der Waals surface area contributed by atoms with Crippen LogP contribution in [0.2, 0.25) is 0 Å². The lowest BCUT2D eigenvalue weighted by Crippen LogP contribution is -2.54. The van der Waals surface area contributed by atoms with Crippen LogP contribution in [0.3, 0.4) is 0 Å². The van der Waals surface area contributed by atoms with E-state index < -0.39 is 23.8 Å². The van der Waals surface area contributed by atoms with Crippen molar-refractivity contribution in [1.82, 2.24) is 10.2 Å². The van der Waals surface area contributed by atoms with Gasteiger partial charge in [-0.1, -0.05) is 6.07 Å². The maximum Gasteiger partial charge on any atom is 0.262 e. The Balaban J connectivity index is 1.36. The quantitative estimate of drug-likeness (QED) is 0.503. The minimum Gasteiger partial charge on any atom is -0.398 e. The second-order valence-corrected chi connectivity index (χ2v) is 8.55. The Morgan fingerprint density at radius 3 is 2.47 bits per heavy atom. The fourth-order valence-electron chi connectivity index (χ4n) is 4.89. The van der Waals surface area contributed by atoms with Crippen molar-refractivity contribution >= 4 is 35.0 Å². The summed E-state index contributed by atoms with van der Waals surface area (Å²) in [5, 5.41) is 5.66. The second kappa shape index (κ2) is 7.78. The number of anilines is 2. The van der Waals surface area contributed by atoms with E-state index >= 15 is 0 Å². The van der Waals surface area contributed by atoms with Gasteiger partial charge in [0.15, 0.2) is 0 Å². The van der Waals surface area contributed by atoms with Gasteiger partial charge in [0, 0.05) is 24.3 Å². The van der Waals surface area contributed by atoms with Crippen molar-refractivity contribution in [1.29, 1.82) is 0 Å². The van der Waals surface area contributed by atoms with Gasteiger partial charge in [0.05, 0.1) is 11.1 Å². The molecule has 4 amide bonds. The maximum atomic E-state index is 13.0. The molecule has 4 N–H and O–H groups in total. The van der Waals surface area contributed by atoms with Crippen molar-refractivity contribution in [2.24, 2.45) is 0 Å². The van der Waals surface area contributed by atoms with E-state index in [2.05, 4.69) is 10.6 Å². The number of nitrogens with one attached hydrogen (secondary N) is 2. The lowest BCUT2D eigenvalue weighted by atomic mass is 9.89. The summed E-state index contributed by atoms with van der Waals surface area (Å²) in [5.74, 6) is -1.98. The maximum absolute atomic E-state index is 13.0. The Labute approximate surface area is 185 Å². The van der Waals surface area contributed by atoms with Crippen LogP contribution in [0.4, 0.5) is 11.4 Å². The Bertz CT molecular complexity index is 1170. The number of imide groups is 2. The molecule has 5 rings (SSSR count). The van der Waals surface area contributed by atoms with E-state index in [0.717, 1.165) is 47.5 Å². The zero-order valence-corrected chi connectivity index (χ0v) is 17.6. The molecule has 0 aromatic heterocycles. The second-order valence-electron chi connectivity index (χ2n) is 8.55. The van der Waals surface area contributed by atoms with Crippen LogP contribution in [0.25, 0.3) is 0 Å². The van der Waals surface area contributed by atoms with Crippen LogP contribution in [-0.4, -0.2) is 34.6 Å². The molecule has 2 heterocycles. The lowest BCUT2D eigenvalue weighted by molar-refractivity contribution is -0.136. The highest BCUT2D eigenvalue weighted by atomic mass is 16.2. The standard InChI is InChI=1S/C24H24N4O4/c25-18-7-8-19(15-4-2-1-3-14(15)18)26-12-13-5-6-16-17(11-13)24(32)28(23(16)31)20-9-10-21(29)27-22(20)30/h5-8,11,20,26H,1-4,9-10,12,25H2,(H,27,29,30). The molecular formula is C24H24N4O4. The first kappa shape index (κ1) is 20.2. The monoisotopic (exact) mass is 432 g/mol. The van der Waals surface area contributed by atoms with Crippen molar-refractivity contribution in [3.8, 4) is 0 Å². The van der Waals surface area contributed by atoms with Crippen LogP contribution in [0.1, 0.15) is 63.1 Å². The van der Waals surface area contributed by atoms with E-state index in [0.29, 0.717) is 12.1 Å². The van der Waals surface area contributed by atoms with Gasteiger partial charge in [0.1, 0.15) is 6.04 Å². The summed E-state index contributed by atoms with van der Waals surface area (Å²) in [6.45, 7) is 0.490. The molecule has 164 valence electrons. The molecule has 1 aliphatic carbocycles. The van der Waals surface area contributed by atoms with E-state index in [1.54, 1.807) is 12.1 Å². The number of benzene rings is 2. The van der Waals surface area contributed by atoms with Gasteiger partial charge in [-0.05, 0) is 73.1 Å². The number of carbonyl (C=O) groups excluding carboxylic acids is 4. The Morgan fingerprint density at radius 2 is 1.69 bits per heavy atom. The Kier molecular flexibility index (Phi) is 4.92. The van der Waals surface area contributed by atoms with Crippen LogP contribution in [0.15, 0.2) is 30.3 Å². The number of nitrogens with zero attached hydrogens (tertiary/aromatic N) is 1. The zero-order chi connectivity index (χ0) is 22.4. The summed E-state index contributed by atoms with van der Waals surface area (Å²) >= 11 is 0. The minimum atomic E-state index is -0.956. The van der Waals surface area contributed by atoms with Crippen LogP contribution in [0, 0.1) is 0 Å². The van der Waals surface area contributed by atoms with E-state index in [-0.39, 0.29) is 24.3 Å². The first-order valence-electron chi connectivity index (χ1n) is 10.9. The molecule has 1 saturated heterocycles. The molecule has 8 nitrogen and oxygen atoms in total. The first-order valence-corrected chi connectivity index (χ1v) is 10.9.